The van der Waals surface area contributed by atoms with Gasteiger partial charge in [0.2, 0.25) is 0 Å². The maximum Gasteiger partial charge on any atom is 0.132 e. The van der Waals surface area contributed by atoms with Gasteiger partial charge >= 0.3 is 0 Å². The van der Waals surface area contributed by atoms with Crippen molar-refractivity contribution in [2.45, 2.75) is 65.7 Å². The molecule has 0 atom stereocenters. The van der Waals surface area contributed by atoms with E-state index in [0.717, 1.165) is 12.8 Å². The third-order valence-electron chi connectivity index (χ3n) is 3.64. The van der Waals surface area contributed by atoms with Gasteiger partial charge in [-0.05, 0) is 38.0 Å². The summed E-state index contributed by atoms with van der Waals surface area (Å²) in [5, 5.41) is 0. The maximum absolute atomic E-state index is 10.4. The summed E-state index contributed by atoms with van der Waals surface area (Å²) in [7, 11) is 0. The minimum absolute atomic E-state index is 0.381. The minimum Gasteiger partial charge on any atom is -0.300 e. The van der Waals surface area contributed by atoms with Gasteiger partial charge in [0, 0.05) is 5.92 Å². The zero-order chi connectivity index (χ0) is 10.6. The van der Waals surface area contributed by atoms with Crippen molar-refractivity contribution in [1.29, 1.82) is 0 Å². The van der Waals surface area contributed by atoms with Crippen LogP contribution in [0.4, 0.5) is 0 Å². The second-order valence-electron chi connectivity index (χ2n) is 5.61. The molecule has 2 aliphatic rings. The highest BCUT2D eigenvalue weighted by Gasteiger charge is 2.22. The molecule has 0 amide bonds. The first kappa shape index (κ1) is 11.7. The largest absolute Gasteiger partial charge is 0.300 e. The smallest absolute Gasteiger partial charge is 0.132 e. The predicted octanol–water partition coefficient (Wildman–Crippen LogP) is 3.96. The van der Waals surface area contributed by atoms with Gasteiger partial charge in [-0.2, -0.15) is 0 Å². The van der Waals surface area contributed by atoms with Crippen molar-refractivity contribution >= 4 is 5.78 Å². The third-order valence-corrected chi connectivity index (χ3v) is 3.64. The molecule has 2 rings (SSSR count). The standard InChI is InChI=1S/C7H14.C6H10O/c1-7(2)5-3-4-6-7;1-5(7)6-3-2-4-6/h3-6H2,1-2H3;6H,2-4H2,1H3. The van der Waals surface area contributed by atoms with Crippen LogP contribution in [0.3, 0.4) is 0 Å². The first-order valence-corrected chi connectivity index (χ1v) is 6.02. The molecule has 14 heavy (non-hydrogen) atoms. The van der Waals surface area contributed by atoms with Crippen molar-refractivity contribution in [3.8, 4) is 0 Å². The van der Waals surface area contributed by atoms with Gasteiger partial charge in [0.1, 0.15) is 5.78 Å². The van der Waals surface area contributed by atoms with Crippen LogP contribution in [0.25, 0.3) is 0 Å². The molecule has 0 heterocycles. The summed E-state index contributed by atoms with van der Waals surface area (Å²) in [6.45, 7) is 6.41. The van der Waals surface area contributed by atoms with Crippen LogP contribution in [0.2, 0.25) is 0 Å². The van der Waals surface area contributed by atoms with Crippen LogP contribution in [0.1, 0.15) is 65.7 Å². The highest BCUT2D eigenvalue weighted by atomic mass is 16.1. The molecule has 2 saturated carbocycles. The Bertz CT molecular complexity index is 181. The maximum atomic E-state index is 10.4. The predicted molar refractivity (Wildman–Crippen MR) is 60.3 cm³/mol. The van der Waals surface area contributed by atoms with Crippen molar-refractivity contribution in [2.75, 3.05) is 0 Å². The summed E-state index contributed by atoms with van der Waals surface area (Å²) in [5.74, 6) is 0.825. The van der Waals surface area contributed by atoms with Gasteiger partial charge < -0.3 is 0 Å². The molecule has 1 nitrogen and oxygen atoms in total. The van der Waals surface area contributed by atoms with Crippen molar-refractivity contribution in [3.05, 3.63) is 0 Å². The molecule has 0 bridgehead atoms. The fourth-order valence-electron chi connectivity index (χ4n) is 2.15. The Morgan fingerprint density at radius 3 is 1.64 bits per heavy atom. The third kappa shape index (κ3) is 3.81. The lowest BCUT2D eigenvalue weighted by molar-refractivity contribution is -0.122. The lowest BCUT2D eigenvalue weighted by Gasteiger charge is -2.21. The van der Waals surface area contributed by atoms with E-state index in [1.807, 2.05) is 0 Å². The van der Waals surface area contributed by atoms with Crippen LogP contribution < -0.4 is 0 Å². The summed E-state index contributed by atoms with van der Waals surface area (Å²) in [4.78, 5) is 10.4. The monoisotopic (exact) mass is 196 g/mol. The molecule has 82 valence electrons. The molecule has 0 N–H and O–H groups in total. The van der Waals surface area contributed by atoms with Crippen LogP contribution in [-0.2, 0) is 4.79 Å². The number of Topliss-reactive ketones (excluding diaryl/α,β-unsaturated/α-hetero) is 1. The van der Waals surface area contributed by atoms with Gasteiger partial charge in [0.05, 0.1) is 0 Å². The fourth-order valence-corrected chi connectivity index (χ4v) is 2.15. The number of carbonyl (C=O) groups is 1. The van der Waals surface area contributed by atoms with Gasteiger partial charge in [-0.25, -0.2) is 0 Å². The average molecular weight is 196 g/mol. The molecule has 0 aromatic heterocycles. The van der Waals surface area contributed by atoms with Crippen LogP contribution in [-0.4, -0.2) is 5.78 Å². The zero-order valence-electron chi connectivity index (χ0n) is 9.94. The highest BCUT2D eigenvalue weighted by molar-refractivity contribution is 5.78. The Balaban J connectivity index is 0.000000140. The van der Waals surface area contributed by atoms with E-state index in [-0.39, 0.29) is 0 Å². The topological polar surface area (TPSA) is 17.1 Å². The van der Waals surface area contributed by atoms with E-state index in [1.54, 1.807) is 6.92 Å². The summed E-state index contributed by atoms with van der Waals surface area (Å²) < 4.78 is 0. The van der Waals surface area contributed by atoms with Gasteiger partial charge in [-0.15, -0.1) is 0 Å². The molecule has 2 aliphatic carbocycles. The molecule has 0 spiro atoms. The quantitative estimate of drug-likeness (QED) is 0.620. The Labute approximate surface area is 88.3 Å². The van der Waals surface area contributed by atoms with Crippen molar-refractivity contribution in [3.63, 3.8) is 0 Å². The molecule has 0 radical (unpaired) electrons. The number of carbonyl (C=O) groups excluding carboxylic acids is 1. The normalized spacial score (nSPS) is 24.8. The van der Waals surface area contributed by atoms with Crippen molar-refractivity contribution in [1.82, 2.24) is 0 Å². The lowest BCUT2D eigenvalue weighted by Crippen LogP contribution is -2.18. The molecular formula is C13H24O. The Hall–Kier alpha value is -0.330. The Kier molecular flexibility index (Phi) is 4.15. The Morgan fingerprint density at radius 1 is 1.07 bits per heavy atom. The van der Waals surface area contributed by atoms with E-state index in [1.165, 1.54) is 32.1 Å². The summed E-state index contributed by atoms with van der Waals surface area (Å²) in [6.07, 6.45) is 9.40. The summed E-state index contributed by atoms with van der Waals surface area (Å²) in [5.41, 5.74) is 0.694. The minimum atomic E-state index is 0.381. The van der Waals surface area contributed by atoms with Crippen molar-refractivity contribution < 1.29 is 4.79 Å². The SMILES string of the molecule is CC(=O)C1CCC1.CC1(C)CCCC1. The van der Waals surface area contributed by atoms with E-state index in [2.05, 4.69) is 13.8 Å². The second kappa shape index (κ2) is 4.95. The average Bonchev–Trinajstić information content (AvgIpc) is 2.30. The van der Waals surface area contributed by atoms with E-state index in [9.17, 15) is 4.79 Å². The first-order valence-electron chi connectivity index (χ1n) is 6.02. The second-order valence-corrected chi connectivity index (χ2v) is 5.61. The van der Waals surface area contributed by atoms with E-state index >= 15 is 0 Å². The molecule has 1 heteroatoms. The van der Waals surface area contributed by atoms with Gasteiger partial charge in [0.15, 0.2) is 0 Å². The summed E-state index contributed by atoms with van der Waals surface area (Å²) in [6, 6.07) is 0. The van der Waals surface area contributed by atoms with Crippen LogP contribution in [0, 0.1) is 11.3 Å². The summed E-state index contributed by atoms with van der Waals surface area (Å²) >= 11 is 0. The first-order chi connectivity index (χ1) is 6.51. The molecule has 0 aromatic rings. The van der Waals surface area contributed by atoms with Crippen molar-refractivity contribution in [2.24, 2.45) is 11.3 Å². The molecule has 0 aromatic carbocycles. The molecule has 0 saturated heterocycles. The van der Waals surface area contributed by atoms with E-state index in [0.29, 0.717) is 17.1 Å². The number of ketones is 1. The highest BCUT2D eigenvalue weighted by Crippen LogP contribution is 2.36. The molecule has 0 unspecified atom stereocenters. The van der Waals surface area contributed by atoms with Crippen LogP contribution in [0.15, 0.2) is 0 Å². The van der Waals surface area contributed by atoms with E-state index < -0.39 is 0 Å². The van der Waals surface area contributed by atoms with Gasteiger partial charge in [-0.3, -0.25) is 4.79 Å². The number of hydrogen-bond donors (Lipinski definition) is 0. The number of rotatable bonds is 1. The molecular weight excluding hydrogens is 172 g/mol. The van der Waals surface area contributed by atoms with Gasteiger partial charge in [-0.1, -0.05) is 33.1 Å². The molecule has 2 fully saturated rings. The zero-order valence-corrected chi connectivity index (χ0v) is 9.94. The van der Waals surface area contributed by atoms with Gasteiger partial charge in [0.25, 0.3) is 0 Å². The van der Waals surface area contributed by atoms with Crippen LogP contribution in [0.5, 0.6) is 0 Å². The Morgan fingerprint density at radius 2 is 1.57 bits per heavy atom. The molecule has 0 aliphatic heterocycles. The van der Waals surface area contributed by atoms with Crippen LogP contribution >= 0.6 is 0 Å². The fraction of sp³-hybridized carbons (Fsp3) is 0.923. The lowest BCUT2D eigenvalue weighted by atomic mass is 9.83. The van der Waals surface area contributed by atoms with E-state index in [4.69, 9.17) is 0 Å². The number of hydrogen-bond acceptors (Lipinski definition) is 1.